The summed E-state index contributed by atoms with van der Waals surface area (Å²) < 4.78 is 13.8. The number of nitrogens with zero attached hydrogens (tertiary/aromatic N) is 4. The fourth-order valence-corrected chi connectivity index (χ4v) is 1.03. The van der Waals surface area contributed by atoms with E-state index in [-0.39, 0.29) is 11.5 Å². The van der Waals surface area contributed by atoms with E-state index in [4.69, 9.17) is 14.1 Å². The van der Waals surface area contributed by atoms with Crippen LogP contribution in [0.25, 0.3) is 0 Å². The molecule has 2 aromatic rings. The number of aromatic nitrogens is 4. The normalized spacial score (nSPS) is 9.00. The molecular formula is C12H12Cl2N4O5S. The predicted octanol–water partition coefficient (Wildman–Crippen LogP) is 1.87. The Morgan fingerprint density at radius 2 is 1.42 bits per heavy atom. The van der Waals surface area contributed by atoms with Crippen LogP contribution in [0.1, 0.15) is 27.6 Å². The van der Waals surface area contributed by atoms with Crippen molar-refractivity contribution in [2.45, 2.75) is 6.92 Å². The van der Waals surface area contributed by atoms with Crippen molar-refractivity contribution in [3.63, 3.8) is 0 Å². The maximum absolute atomic E-state index is 10.9. The molecule has 2 heterocycles. The van der Waals surface area contributed by atoms with Gasteiger partial charge in [0, 0.05) is 46.2 Å². The maximum Gasteiger partial charge on any atom is 0.341 e. The Labute approximate surface area is 148 Å². The van der Waals surface area contributed by atoms with Gasteiger partial charge in [0.25, 0.3) is 0 Å². The van der Waals surface area contributed by atoms with Crippen LogP contribution < -0.4 is 0 Å². The van der Waals surface area contributed by atoms with Crippen LogP contribution in [0.2, 0.25) is 0 Å². The summed E-state index contributed by atoms with van der Waals surface area (Å²) in [5.41, 5.74) is 0.492. The van der Waals surface area contributed by atoms with Crippen LogP contribution in [0.5, 0.6) is 0 Å². The van der Waals surface area contributed by atoms with E-state index in [9.17, 15) is 9.59 Å². The highest BCUT2D eigenvalue weighted by atomic mass is 36.0. The second-order valence-electron chi connectivity index (χ2n) is 3.46. The first-order chi connectivity index (χ1) is 11.4. The van der Waals surface area contributed by atoms with Gasteiger partial charge < -0.3 is 9.84 Å². The molecular weight excluding hydrogens is 383 g/mol. The molecule has 0 atom stereocenters. The Morgan fingerprint density at radius 1 is 1.04 bits per heavy atom. The summed E-state index contributed by atoms with van der Waals surface area (Å²) in [6.45, 7) is 2.12. The molecule has 12 heteroatoms. The van der Waals surface area contributed by atoms with Crippen molar-refractivity contribution in [1.29, 1.82) is 0 Å². The molecule has 2 rings (SSSR count). The van der Waals surface area contributed by atoms with Crippen molar-refractivity contribution in [3.8, 4) is 0 Å². The van der Waals surface area contributed by atoms with Crippen LogP contribution in [0.15, 0.2) is 37.4 Å². The van der Waals surface area contributed by atoms with Gasteiger partial charge in [-0.25, -0.2) is 33.7 Å². The molecule has 0 aliphatic rings. The largest absolute Gasteiger partial charge is 0.478 e. The number of ether oxygens (including phenoxy) is 1. The second kappa shape index (κ2) is 13.3. The molecule has 0 bridgehead atoms. The van der Waals surface area contributed by atoms with E-state index in [1.165, 1.54) is 37.4 Å². The van der Waals surface area contributed by atoms with Crippen LogP contribution in [-0.4, -0.2) is 47.8 Å². The zero-order chi connectivity index (χ0) is 18.4. The number of carbonyl (C=O) groups excluding carboxylic acids is 1. The molecule has 0 saturated carbocycles. The van der Waals surface area contributed by atoms with Crippen molar-refractivity contribution in [2.75, 3.05) is 6.61 Å². The molecule has 9 nitrogen and oxygen atoms in total. The first-order valence-corrected chi connectivity index (χ1v) is 8.83. The summed E-state index contributed by atoms with van der Waals surface area (Å²) in [6, 6.07) is 0. The number of hydrogen-bond acceptors (Lipinski definition) is 8. The van der Waals surface area contributed by atoms with Crippen LogP contribution in [0.4, 0.5) is 0 Å². The minimum Gasteiger partial charge on any atom is -0.478 e. The van der Waals surface area contributed by atoms with E-state index in [1.807, 2.05) is 0 Å². The monoisotopic (exact) mass is 394 g/mol. The van der Waals surface area contributed by atoms with Crippen LogP contribution >= 0.6 is 21.4 Å². The molecule has 0 fully saturated rings. The van der Waals surface area contributed by atoms with Crippen LogP contribution in [0, 0.1) is 0 Å². The molecule has 0 aliphatic heterocycles. The number of esters is 1. The molecule has 130 valence electrons. The third kappa shape index (κ3) is 11.4. The highest BCUT2D eigenvalue weighted by Crippen LogP contribution is 1.95. The van der Waals surface area contributed by atoms with Gasteiger partial charge in [0.15, 0.2) is 0 Å². The molecule has 2 aromatic heterocycles. The highest BCUT2D eigenvalue weighted by Gasteiger charge is 2.04. The summed E-state index contributed by atoms with van der Waals surface area (Å²) in [5, 5.41) is 8.30. The molecule has 1 N–H and O–H groups in total. The molecule has 0 saturated heterocycles. The van der Waals surface area contributed by atoms with E-state index in [1.54, 1.807) is 6.92 Å². The first kappa shape index (κ1) is 21.8. The molecule has 24 heavy (non-hydrogen) atoms. The minimum atomic E-state index is -1.67. The van der Waals surface area contributed by atoms with Gasteiger partial charge in [0.05, 0.1) is 17.7 Å². The summed E-state index contributed by atoms with van der Waals surface area (Å²) in [5.74, 6) is -1.39. The Balaban J connectivity index is 0.000000367. The topological polar surface area (TPSA) is 132 Å². The van der Waals surface area contributed by atoms with Crippen LogP contribution in [0.3, 0.4) is 0 Å². The van der Waals surface area contributed by atoms with E-state index in [0.29, 0.717) is 12.2 Å². The highest BCUT2D eigenvalue weighted by molar-refractivity contribution is 8.26. The number of hydrogen-bond donors (Lipinski definition) is 1. The number of carboxylic acids is 1. The van der Waals surface area contributed by atoms with E-state index in [0.717, 1.165) is 0 Å². The molecule has 0 aromatic carbocycles. The van der Waals surface area contributed by atoms with Crippen molar-refractivity contribution >= 4 is 42.5 Å². The Hall–Kier alpha value is -2.17. The average Bonchev–Trinajstić information content (AvgIpc) is 2.57. The third-order valence-electron chi connectivity index (χ3n) is 1.88. The summed E-state index contributed by atoms with van der Waals surface area (Å²) >= 11 is 0. The summed E-state index contributed by atoms with van der Waals surface area (Å²) in [6.07, 6.45) is 7.98. The first-order valence-electron chi connectivity index (χ1n) is 6.03. The lowest BCUT2D eigenvalue weighted by Crippen LogP contribution is -2.04. The average molecular weight is 395 g/mol. The quantitative estimate of drug-likeness (QED) is 0.611. The zero-order valence-electron chi connectivity index (χ0n) is 12.2. The molecule has 0 radical (unpaired) electrons. The van der Waals surface area contributed by atoms with Gasteiger partial charge in [-0.1, -0.05) is 0 Å². The zero-order valence-corrected chi connectivity index (χ0v) is 14.5. The molecule has 0 spiro atoms. The van der Waals surface area contributed by atoms with Gasteiger partial charge in [-0.05, 0) is 6.92 Å². The van der Waals surface area contributed by atoms with Crippen molar-refractivity contribution in [2.24, 2.45) is 0 Å². The standard InChI is InChI=1S/C7H8N2O2.C5H4N2O2.Cl2OS/c1-2-11-7(10)6-3-8-5-9-4-6;8-5(9)4-1-6-3-7-2-4;1-4(2)3/h3-5H,2H2,1H3;1-3H,(H,8,9);. The lowest BCUT2D eigenvalue weighted by atomic mass is 10.3. The van der Waals surface area contributed by atoms with E-state index >= 15 is 0 Å². The number of carbonyl (C=O) groups is 2. The lowest BCUT2D eigenvalue weighted by Gasteiger charge is -1.98. The summed E-state index contributed by atoms with van der Waals surface area (Å²) in [4.78, 5) is 35.4. The van der Waals surface area contributed by atoms with Gasteiger partial charge >= 0.3 is 11.9 Å². The van der Waals surface area contributed by atoms with Gasteiger partial charge in [0.1, 0.15) is 12.7 Å². The summed E-state index contributed by atoms with van der Waals surface area (Å²) in [7, 11) is 7.36. The lowest BCUT2D eigenvalue weighted by molar-refractivity contribution is 0.0524. The Bertz CT molecular complexity index is 644. The molecule has 0 unspecified atom stereocenters. The van der Waals surface area contributed by atoms with Gasteiger partial charge in [0.2, 0.25) is 9.23 Å². The fraction of sp³-hybridized carbons (Fsp3) is 0.167. The van der Waals surface area contributed by atoms with Gasteiger partial charge in [-0.3, -0.25) is 0 Å². The Morgan fingerprint density at radius 3 is 1.71 bits per heavy atom. The minimum absolute atomic E-state index is 0.109. The van der Waals surface area contributed by atoms with Gasteiger partial charge in [-0.15, -0.1) is 0 Å². The molecule has 0 amide bonds. The fourth-order valence-electron chi connectivity index (χ4n) is 1.03. The second-order valence-corrected chi connectivity index (χ2v) is 5.99. The van der Waals surface area contributed by atoms with Gasteiger partial charge in [-0.2, -0.15) is 0 Å². The number of rotatable bonds is 3. The van der Waals surface area contributed by atoms with Crippen LogP contribution in [-0.2, 0) is 14.0 Å². The number of halogens is 2. The number of aromatic carboxylic acids is 1. The molecule has 0 aliphatic carbocycles. The number of carboxylic acid groups (broad SMARTS) is 1. The predicted molar refractivity (Wildman–Crippen MR) is 86.8 cm³/mol. The van der Waals surface area contributed by atoms with Crippen molar-refractivity contribution in [1.82, 2.24) is 19.9 Å². The third-order valence-corrected chi connectivity index (χ3v) is 1.88. The van der Waals surface area contributed by atoms with E-state index < -0.39 is 15.2 Å². The van der Waals surface area contributed by atoms with Crippen molar-refractivity contribution in [3.05, 3.63) is 48.6 Å². The van der Waals surface area contributed by atoms with Crippen molar-refractivity contribution < 1.29 is 23.6 Å². The Kier molecular flexibility index (Phi) is 12.1. The SMILES string of the molecule is CCOC(=O)c1cncnc1.O=C(O)c1cncnc1.O=S(Cl)Cl. The smallest absolute Gasteiger partial charge is 0.341 e. The van der Waals surface area contributed by atoms with E-state index in [2.05, 4.69) is 41.3 Å². The maximum atomic E-state index is 10.9.